The van der Waals surface area contributed by atoms with Crippen LogP contribution in [0, 0.1) is 0 Å². The summed E-state index contributed by atoms with van der Waals surface area (Å²) in [7, 11) is 0. The molecule has 1 nitrogen and oxygen atoms in total. The molecule has 0 aliphatic carbocycles. The van der Waals surface area contributed by atoms with Crippen LogP contribution in [0.4, 0.5) is 17.1 Å². The van der Waals surface area contributed by atoms with Gasteiger partial charge in [0.15, 0.2) is 0 Å². The summed E-state index contributed by atoms with van der Waals surface area (Å²) >= 11 is 1.87. The van der Waals surface area contributed by atoms with Crippen LogP contribution in [-0.4, -0.2) is 0 Å². The minimum Gasteiger partial charge on any atom is -0.310 e. The SMILES string of the molecule is c1ccc(-c2ccc(N(c3ccc4cc(-c5cc6ccccc6c6ccccc56)ccc4c3)c3ccc4c(c3)sc3cc5ccccc5cc34)cc2-c2ccccc2)cc1. The molecule has 0 saturated heterocycles. The van der Waals surface area contributed by atoms with Gasteiger partial charge in [0.25, 0.3) is 0 Å². The zero-order chi connectivity index (χ0) is 39.6. The predicted octanol–water partition coefficient (Wildman–Crippen LogP) is 17.1. The number of anilines is 3. The van der Waals surface area contributed by atoms with Crippen LogP contribution >= 0.6 is 11.3 Å². The second kappa shape index (κ2) is 14.1. The lowest BCUT2D eigenvalue weighted by Crippen LogP contribution is -2.10. The van der Waals surface area contributed by atoms with Crippen molar-refractivity contribution in [1.82, 2.24) is 0 Å². The summed E-state index contributed by atoms with van der Waals surface area (Å²) in [4.78, 5) is 2.44. The van der Waals surface area contributed by atoms with Crippen molar-refractivity contribution in [3.63, 3.8) is 0 Å². The first-order valence-corrected chi connectivity index (χ1v) is 21.4. The number of nitrogens with zero attached hydrogens (tertiary/aromatic N) is 1. The molecule has 0 aliphatic rings. The Morgan fingerprint density at radius 3 is 1.60 bits per heavy atom. The summed E-state index contributed by atoms with van der Waals surface area (Å²) in [5, 5.41) is 12.7. The molecule has 1 heterocycles. The highest BCUT2D eigenvalue weighted by molar-refractivity contribution is 7.26. The maximum absolute atomic E-state index is 2.44. The third-order valence-electron chi connectivity index (χ3n) is 12.2. The molecule has 0 fully saturated rings. The van der Waals surface area contributed by atoms with Gasteiger partial charge in [-0.2, -0.15) is 0 Å². The zero-order valence-corrected chi connectivity index (χ0v) is 33.5. The molecule has 0 spiro atoms. The van der Waals surface area contributed by atoms with Crippen LogP contribution in [0.5, 0.6) is 0 Å². The van der Waals surface area contributed by atoms with E-state index in [9.17, 15) is 0 Å². The number of hydrogen-bond donors (Lipinski definition) is 0. The largest absolute Gasteiger partial charge is 0.310 e. The quantitative estimate of drug-likeness (QED) is 0.152. The molecule has 0 saturated carbocycles. The fraction of sp³-hybridized carbons (Fsp3) is 0. The van der Waals surface area contributed by atoms with Gasteiger partial charge in [-0.25, -0.2) is 0 Å². The maximum Gasteiger partial charge on any atom is 0.0476 e. The van der Waals surface area contributed by atoms with Gasteiger partial charge < -0.3 is 4.90 Å². The Kier molecular flexibility index (Phi) is 8.11. The minimum atomic E-state index is 1.11. The number of thiophene rings is 1. The lowest BCUT2D eigenvalue weighted by molar-refractivity contribution is 1.30. The number of fused-ring (bicyclic) bond motifs is 8. The van der Waals surface area contributed by atoms with Crippen LogP contribution < -0.4 is 4.90 Å². The van der Waals surface area contributed by atoms with Crippen LogP contribution in [0.3, 0.4) is 0 Å². The van der Waals surface area contributed by atoms with Crippen molar-refractivity contribution in [2.45, 2.75) is 0 Å². The Hall–Kier alpha value is -7.52. The molecule has 12 rings (SSSR count). The van der Waals surface area contributed by atoms with E-state index in [0.717, 1.165) is 17.1 Å². The molecule has 0 unspecified atom stereocenters. The van der Waals surface area contributed by atoms with E-state index < -0.39 is 0 Å². The van der Waals surface area contributed by atoms with Crippen LogP contribution in [-0.2, 0) is 0 Å². The molecular weight excluding hydrogens is 743 g/mol. The molecule has 0 atom stereocenters. The standard InChI is InChI=1S/C58H37NS/c1-3-13-38(14-4-1)50-29-27-47(36-55(50)39-15-5-2-6-16-39)59(48-28-30-53-56-33-40-17-7-8-18-41(40)35-57(56)60-58(53)37-48)46-26-25-42-31-45(24-23-43(42)32-46)54-34-44-19-9-10-20-49(44)51-21-11-12-22-52(51)54/h1-37H. The minimum absolute atomic E-state index is 1.11. The van der Waals surface area contributed by atoms with Gasteiger partial charge in [0.2, 0.25) is 0 Å². The molecule has 0 bridgehead atoms. The molecule has 0 amide bonds. The number of hydrogen-bond acceptors (Lipinski definition) is 2. The van der Waals surface area contributed by atoms with Gasteiger partial charge >= 0.3 is 0 Å². The molecule has 280 valence electrons. The highest BCUT2D eigenvalue weighted by Crippen LogP contribution is 2.45. The second-order valence-electron chi connectivity index (χ2n) is 15.7. The van der Waals surface area contributed by atoms with Crippen molar-refractivity contribution in [1.29, 1.82) is 0 Å². The molecular formula is C58H37NS. The van der Waals surface area contributed by atoms with E-state index in [1.54, 1.807) is 0 Å². The smallest absolute Gasteiger partial charge is 0.0476 e. The van der Waals surface area contributed by atoms with Crippen molar-refractivity contribution in [2.75, 3.05) is 4.90 Å². The molecule has 2 heteroatoms. The zero-order valence-electron chi connectivity index (χ0n) is 32.7. The highest BCUT2D eigenvalue weighted by Gasteiger charge is 2.19. The van der Waals surface area contributed by atoms with E-state index in [1.807, 2.05) is 11.3 Å². The fourth-order valence-electron chi connectivity index (χ4n) is 9.27. The Bertz CT molecular complexity index is 3600. The first kappa shape index (κ1) is 34.5. The van der Waals surface area contributed by atoms with Gasteiger partial charge in [0.05, 0.1) is 0 Å². The molecule has 0 radical (unpaired) electrons. The average molecular weight is 780 g/mol. The van der Waals surface area contributed by atoms with Gasteiger partial charge in [-0.3, -0.25) is 0 Å². The van der Waals surface area contributed by atoms with Crippen LogP contribution in [0.2, 0.25) is 0 Å². The lowest BCUT2D eigenvalue weighted by atomic mass is 9.92. The maximum atomic E-state index is 2.44. The topological polar surface area (TPSA) is 3.24 Å². The van der Waals surface area contributed by atoms with Crippen LogP contribution in [0.25, 0.3) is 96.6 Å². The Morgan fingerprint density at radius 1 is 0.250 bits per heavy atom. The van der Waals surface area contributed by atoms with Crippen molar-refractivity contribution >= 4 is 91.7 Å². The van der Waals surface area contributed by atoms with E-state index in [4.69, 9.17) is 0 Å². The van der Waals surface area contributed by atoms with E-state index in [-0.39, 0.29) is 0 Å². The van der Waals surface area contributed by atoms with E-state index in [0.29, 0.717) is 0 Å². The average Bonchev–Trinajstić information content (AvgIpc) is 3.67. The number of benzene rings is 11. The van der Waals surface area contributed by atoms with Gasteiger partial charge in [0.1, 0.15) is 0 Å². The van der Waals surface area contributed by atoms with Crippen molar-refractivity contribution in [3.8, 4) is 33.4 Å². The molecule has 60 heavy (non-hydrogen) atoms. The molecule has 1 aromatic heterocycles. The Balaban J connectivity index is 1.04. The monoisotopic (exact) mass is 779 g/mol. The Labute approximate surface area is 352 Å². The normalized spacial score (nSPS) is 11.7. The first-order valence-electron chi connectivity index (χ1n) is 20.6. The molecule has 12 aromatic rings. The van der Waals surface area contributed by atoms with Crippen molar-refractivity contribution in [3.05, 3.63) is 224 Å². The highest BCUT2D eigenvalue weighted by atomic mass is 32.1. The van der Waals surface area contributed by atoms with E-state index in [1.165, 1.54) is 96.6 Å². The summed E-state index contributed by atoms with van der Waals surface area (Å²) in [5.74, 6) is 0. The summed E-state index contributed by atoms with van der Waals surface area (Å²) < 4.78 is 2.59. The first-order chi connectivity index (χ1) is 29.7. The number of rotatable bonds is 6. The van der Waals surface area contributed by atoms with Crippen molar-refractivity contribution in [2.24, 2.45) is 0 Å². The third kappa shape index (κ3) is 5.84. The van der Waals surface area contributed by atoms with E-state index in [2.05, 4.69) is 229 Å². The molecule has 0 aliphatic heterocycles. The van der Waals surface area contributed by atoms with Crippen LogP contribution in [0.15, 0.2) is 224 Å². The van der Waals surface area contributed by atoms with Gasteiger partial charge in [-0.05, 0) is 137 Å². The van der Waals surface area contributed by atoms with Gasteiger partial charge in [0, 0.05) is 37.2 Å². The molecule has 11 aromatic carbocycles. The molecule has 0 N–H and O–H groups in total. The van der Waals surface area contributed by atoms with Gasteiger partial charge in [-0.1, -0.05) is 164 Å². The van der Waals surface area contributed by atoms with Crippen LogP contribution in [0.1, 0.15) is 0 Å². The van der Waals surface area contributed by atoms with Crippen molar-refractivity contribution < 1.29 is 0 Å². The summed E-state index contributed by atoms with van der Waals surface area (Å²) in [5.41, 5.74) is 10.6. The fourth-order valence-corrected chi connectivity index (χ4v) is 10.4. The summed E-state index contributed by atoms with van der Waals surface area (Å²) in [6.45, 7) is 0. The summed E-state index contributed by atoms with van der Waals surface area (Å²) in [6.07, 6.45) is 0. The Morgan fingerprint density at radius 2 is 0.800 bits per heavy atom. The summed E-state index contributed by atoms with van der Waals surface area (Å²) in [6, 6.07) is 82.6. The second-order valence-corrected chi connectivity index (χ2v) is 16.8. The third-order valence-corrected chi connectivity index (χ3v) is 13.3. The lowest BCUT2D eigenvalue weighted by Gasteiger charge is -2.27. The van der Waals surface area contributed by atoms with Gasteiger partial charge in [-0.15, -0.1) is 11.3 Å². The predicted molar refractivity (Wildman–Crippen MR) is 260 cm³/mol. The van der Waals surface area contributed by atoms with E-state index >= 15 is 0 Å².